The lowest BCUT2D eigenvalue weighted by molar-refractivity contribution is 0.0183. The normalized spacial score (nSPS) is 11.6. The van der Waals surface area contributed by atoms with Gasteiger partial charge in [0, 0.05) is 12.5 Å². The molecule has 2 rings (SSSR count). The molecule has 3 nitrogen and oxygen atoms in total. The van der Waals surface area contributed by atoms with E-state index in [2.05, 4.69) is 25.9 Å². The summed E-state index contributed by atoms with van der Waals surface area (Å²) in [5, 5.41) is 0. The highest BCUT2D eigenvalue weighted by atomic mass is 79.9. The summed E-state index contributed by atoms with van der Waals surface area (Å²) in [7, 11) is 0. The van der Waals surface area contributed by atoms with Crippen molar-refractivity contribution in [3.8, 4) is 0 Å². The molecule has 0 saturated carbocycles. The van der Waals surface area contributed by atoms with Crippen LogP contribution in [-0.2, 0) is 11.2 Å². The zero-order valence-corrected chi connectivity index (χ0v) is 10.8. The number of rotatable bonds is 5. The van der Waals surface area contributed by atoms with Crippen LogP contribution in [0.3, 0.4) is 0 Å². The Bertz CT molecular complexity index is 505. The van der Waals surface area contributed by atoms with Crippen molar-refractivity contribution >= 4 is 27.0 Å². The van der Waals surface area contributed by atoms with Crippen molar-refractivity contribution in [2.45, 2.75) is 12.8 Å². The Balaban J connectivity index is 2.02. The average molecular weight is 323 g/mol. The zero-order valence-electron chi connectivity index (χ0n) is 9.22. The Hall–Kier alpha value is -1.08. The molecule has 2 aromatic rings. The predicted octanol–water partition coefficient (Wildman–Crippen LogP) is 3.29. The average Bonchev–Trinajstić information content (AvgIpc) is 2.67. The van der Waals surface area contributed by atoms with Crippen LogP contribution in [0.1, 0.15) is 5.82 Å². The van der Waals surface area contributed by atoms with Crippen molar-refractivity contribution in [3.05, 3.63) is 28.2 Å². The molecule has 1 aromatic heterocycles. The second-order valence-corrected chi connectivity index (χ2v) is 4.54. The van der Waals surface area contributed by atoms with Crippen LogP contribution in [0.5, 0.6) is 0 Å². The van der Waals surface area contributed by atoms with E-state index >= 15 is 0 Å². The Morgan fingerprint density at radius 1 is 1.39 bits per heavy atom. The Kier molecular flexibility index (Phi) is 4.23. The molecule has 1 aromatic carbocycles. The Labute approximate surface area is 109 Å². The zero-order chi connectivity index (χ0) is 13.1. The highest BCUT2D eigenvalue weighted by molar-refractivity contribution is 9.10. The first-order valence-electron chi connectivity index (χ1n) is 5.26. The van der Waals surface area contributed by atoms with Gasteiger partial charge in [-0.15, -0.1) is 0 Å². The number of halogens is 4. The lowest BCUT2D eigenvalue weighted by atomic mass is 10.3. The van der Waals surface area contributed by atoms with E-state index in [4.69, 9.17) is 4.74 Å². The molecule has 1 N–H and O–H groups in total. The number of benzene rings is 1. The van der Waals surface area contributed by atoms with E-state index in [-0.39, 0.29) is 12.4 Å². The van der Waals surface area contributed by atoms with Crippen LogP contribution >= 0.6 is 15.9 Å². The lowest BCUT2D eigenvalue weighted by Crippen LogP contribution is -2.07. The maximum absolute atomic E-state index is 13.3. The van der Waals surface area contributed by atoms with Gasteiger partial charge in [-0.1, -0.05) is 0 Å². The molecule has 0 unspecified atom stereocenters. The van der Waals surface area contributed by atoms with Gasteiger partial charge in [0.25, 0.3) is 6.43 Å². The van der Waals surface area contributed by atoms with Gasteiger partial charge in [0.2, 0.25) is 0 Å². The van der Waals surface area contributed by atoms with Gasteiger partial charge in [0.05, 0.1) is 22.1 Å². The van der Waals surface area contributed by atoms with E-state index in [0.717, 1.165) is 0 Å². The van der Waals surface area contributed by atoms with Gasteiger partial charge in [-0.05, 0) is 22.0 Å². The fourth-order valence-corrected chi connectivity index (χ4v) is 1.85. The molecule has 98 valence electrons. The summed E-state index contributed by atoms with van der Waals surface area (Å²) in [6.07, 6.45) is -2.09. The summed E-state index contributed by atoms with van der Waals surface area (Å²) < 4.78 is 42.0. The van der Waals surface area contributed by atoms with Crippen molar-refractivity contribution in [2.75, 3.05) is 13.2 Å². The van der Waals surface area contributed by atoms with Crippen molar-refractivity contribution in [1.29, 1.82) is 0 Å². The summed E-state index contributed by atoms with van der Waals surface area (Å²) in [6.45, 7) is -0.436. The van der Waals surface area contributed by atoms with Gasteiger partial charge in [0.15, 0.2) is 0 Å². The summed E-state index contributed by atoms with van der Waals surface area (Å²) in [5.74, 6) is 0.198. The number of imidazole rings is 1. The molecule has 0 aliphatic carbocycles. The van der Waals surface area contributed by atoms with E-state index in [0.29, 0.717) is 27.8 Å². The number of hydrogen-bond donors (Lipinski definition) is 1. The predicted molar refractivity (Wildman–Crippen MR) is 64.3 cm³/mol. The van der Waals surface area contributed by atoms with Crippen molar-refractivity contribution in [2.24, 2.45) is 0 Å². The van der Waals surface area contributed by atoms with Crippen LogP contribution in [0.2, 0.25) is 0 Å². The number of nitrogens with zero attached hydrogens (tertiary/aromatic N) is 1. The van der Waals surface area contributed by atoms with Crippen LogP contribution in [0.4, 0.5) is 13.2 Å². The van der Waals surface area contributed by atoms with Gasteiger partial charge in [0.1, 0.15) is 18.2 Å². The molecular formula is C11H10BrF3N2O. The minimum absolute atomic E-state index is 0.147. The Morgan fingerprint density at radius 2 is 2.17 bits per heavy atom. The minimum Gasteiger partial charge on any atom is -0.375 e. The van der Waals surface area contributed by atoms with E-state index in [1.54, 1.807) is 6.07 Å². The van der Waals surface area contributed by atoms with Crippen LogP contribution in [0.15, 0.2) is 16.6 Å². The highest BCUT2D eigenvalue weighted by Crippen LogP contribution is 2.21. The summed E-state index contributed by atoms with van der Waals surface area (Å²) in [4.78, 5) is 7.12. The number of alkyl halides is 2. The van der Waals surface area contributed by atoms with Crippen LogP contribution in [0, 0.1) is 5.82 Å². The number of ether oxygens (including phenoxy) is 1. The number of fused-ring (bicyclic) bond motifs is 1. The molecule has 18 heavy (non-hydrogen) atoms. The number of hydrogen-bond acceptors (Lipinski definition) is 2. The smallest absolute Gasteiger partial charge is 0.261 e. The molecular weight excluding hydrogens is 313 g/mol. The second-order valence-electron chi connectivity index (χ2n) is 3.68. The standard InChI is InChI=1S/C11H10BrF3N2O/c12-6-3-8-9(4-7(6)13)17-11(16-8)1-2-18-5-10(14)15/h3-4,10H,1-2,5H2,(H,16,17). The largest absolute Gasteiger partial charge is 0.375 e. The maximum atomic E-state index is 13.3. The topological polar surface area (TPSA) is 37.9 Å². The molecule has 0 aliphatic rings. The van der Waals surface area contributed by atoms with Gasteiger partial charge in [-0.2, -0.15) is 0 Å². The molecule has 0 atom stereocenters. The third-order valence-electron chi connectivity index (χ3n) is 2.30. The quantitative estimate of drug-likeness (QED) is 0.858. The van der Waals surface area contributed by atoms with Gasteiger partial charge in [-0.25, -0.2) is 18.2 Å². The molecule has 7 heteroatoms. The molecule has 0 radical (unpaired) electrons. The Morgan fingerprint density at radius 3 is 2.89 bits per heavy atom. The first-order valence-corrected chi connectivity index (χ1v) is 6.05. The van der Waals surface area contributed by atoms with Gasteiger partial charge in [-0.3, -0.25) is 0 Å². The molecule has 1 heterocycles. The fourth-order valence-electron chi connectivity index (χ4n) is 1.52. The molecule has 0 saturated heterocycles. The summed E-state index contributed by atoms with van der Waals surface area (Å²) in [6, 6.07) is 2.89. The molecule has 0 bridgehead atoms. The number of aromatic nitrogens is 2. The third-order valence-corrected chi connectivity index (χ3v) is 2.91. The maximum Gasteiger partial charge on any atom is 0.261 e. The highest BCUT2D eigenvalue weighted by Gasteiger charge is 2.08. The third kappa shape index (κ3) is 3.23. The van der Waals surface area contributed by atoms with E-state index < -0.39 is 13.0 Å². The summed E-state index contributed by atoms with van der Waals surface area (Å²) >= 11 is 3.07. The van der Waals surface area contributed by atoms with E-state index in [1.165, 1.54) is 6.07 Å². The van der Waals surface area contributed by atoms with Crippen LogP contribution in [0.25, 0.3) is 11.0 Å². The SMILES string of the molecule is Fc1cc2[nH]c(CCOCC(F)F)nc2cc1Br. The molecule has 0 amide bonds. The molecule has 0 aliphatic heterocycles. The van der Waals surface area contributed by atoms with E-state index in [1.807, 2.05) is 0 Å². The fraction of sp³-hybridized carbons (Fsp3) is 0.364. The van der Waals surface area contributed by atoms with Crippen molar-refractivity contribution < 1.29 is 17.9 Å². The van der Waals surface area contributed by atoms with Gasteiger partial charge < -0.3 is 9.72 Å². The summed E-state index contributed by atoms with van der Waals surface area (Å²) in [5.41, 5.74) is 1.19. The number of nitrogens with one attached hydrogen (secondary N) is 1. The van der Waals surface area contributed by atoms with Gasteiger partial charge >= 0.3 is 0 Å². The van der Waals surface area contributed by atoms with E-state index in [9.17, 15) is 13.2 Å². The molecule has 0 fully saturated rings. The number of H-pyrrole nitrogens is 1. The van der Waals surface area contributed by atoms with Crippen LogP contribution in [-0.4, -0.2) is 29.6 Å². The monoisotopic (exact) mass is 322 g/mol. The molecule has 0 spiro atoms. The lowest BCUT2D eigenvalue weighted by Gasteiger charge is -2.00. The van der Waals surface area contributed by atoms with Crippen molar-refractivity contribution in [3.63, 3.8) is 0 Å². The first kappa shape index (κ1) is 13.4. The number of aromatic amines is 1. The van der Waals surface area contributed by atoms with Crippen LogP contribution < -0.4 is 0 Å². The second kappa shape index (κ2) is 5.71. The minimum atomic E-state index is -2.47. The van der Waals surface area contributed by atoms with Crippen molar-refractivity contribution in [1.82, 2.24) is 9.97 Å². The first-order chi connectivity index (χ1) is 8.56.